The van der Waals surface area contributed by atoms with Gasteiger partial charge in [-0.2, -0.15) is 13.2 Å². The number of rotatable bonds is 5. The Morgan fingerprint density at radius 3 is 2.30 bits per heavy atom. The molecule has 1 N–H and O–H groups in total. The molecule has 0 spiro atoms. The summed E-state index contributed by atoms with van der Waals surface area (Å²) in [5, 5.41) is 3.51. The first kappa shape index (κ1) is 19.0. The number of aromatic nitrogens is 2. The topological polar surface area (TPSA) is 41.0 Å². The van der Waals surface area contributed by atoms with E-state index in [9.17, 15) is 17.6 Å². The fourth-order valence-corrected chi connectivity index (χ4v) is 2.81. The summed E-state index contributed by atoms with van der Waals surface area (Å²) >= 11 is 0. The van der Waals surface area contributed by atoms with Crippen LogP contribution < -0.4 is 5.32 Å². The summed E-state index contributed by atoms with van der Waals surface area (Å²) in [6.07, 6.45) is -4.64. The number of alkyl halides is 3. The monoisotopic (exact) mass is 378 g/mol. The van der Waals surface area contributed by atoms with E-state index in [-0.39, 0.29) is 29.7 Å². The highest BCUT2D eigenvalue weighted by Gasteiger charge is 2.35. The van der Waals surface area contributed by atoms with Crippen molar-refractivity contribution < 1.29 is 17.6 Å². The Kier molecular flexibility index (Phi) is 5.27. The lowest BCUT2D eigenvalue weighted by Gasteiger charge is -2.25. The summed E-state index contributed by atoms with van der Waals surface area (Å²) < 4.78 is 52.6. The second-order valence-corrected chi connectivity index (χ2v) is 6.32. The number of likely N-dealkylation sites (N-methyl/N-ethyl adjacent to an activating group) is 1. The van der Waals surface area contributed by atoms with E-state index in [2.05, 4.69) is 15.3 Å². The minimum Gasteiger partial charge on any atom is -0.368 e. The maximum Gasteiger partial charge on any atom is 0.451 e. The van der Waals surface area contributed by atoms with E-state index in [1.165, 1.54) is 18.2 Å². The maximum absolute atomic E-state index is 13.2. The van der Waals surface area contributed by atoms with Crippen LogP contribution in [0.25, 0.3) is 10.9 Å². The smallest absolute Gasteiger partial charge is 0.368 e. The number of halogens is 4. The summed E-state index contributed by atoms with van der Waals surface area (Å²) in [7, 11) is 3.68. The van der Waals surface area contributed by atoms with Gasteiger partial charge in [-0.3, -0.25) is 0 Å². The van der Waals surface area contributed by atoms with E-state index >= 15 is 0 Å². The molecule has 0 aliphatic heterocycles. The van der Waals surface area contributed by atoms with Crippen LogP contribution in [-0.2, 0) is 6.18 Å². The highest BCUT2D eigenvalue weighted by atomic mass is 19.4. The zero-order chi connectivity index (χ0) is 19.6. The number of nitrogens with one attached hydrogen (secondary N) is 1. The third-order valence-corrected chi connectivity index (χ3v) is 4.20. The number of fused-ring (bicyclic) bond motifs is 1. The molecule has 4 nitrogen and oxygen atoms in total. The lowest BCUT2D eigenvalue weighted by molar-refractivity contribution is -0.144. The summed E-state index contributed by atoms with van der Waals surface area (Å²) in [6.45, 7) is 0.289. The summed E-state index contributed by atoms with van der Waals surface area (Å²) in [5.74, 6) is -1.42. The molecule has 0 saturated heterocycles. The van der Waals surface area contributed by atoms with Crippen LogP contribution >= 0.6 is 0 Å². The Labute approximate surface area is 153 Å². The first-order chi connectivity index (χ1) is 12.8. The fraction of sp³-hybridized carbons (Fsp3) is 0.263. The number of nitrogens with zero attached hydrogens (tertiary/aromatic N) is 3. The average Bonchev–Trinajstić information content (AvgIpc) is 2.62. The number of para-hydroxylation sites is 1. The molecule has 0 unspecified atom stereocenters. The minimum absolute atomic E-state index is 0.113. The van der Waals surface area contributed by atoms with Crippen LogP contribution in [0.1, 0.15) is 17.4 Å². The quantitative estimate of drug-likeness (QED) is 0.664. The molecule has 8 heteroatoms. The number of benzene rings is 2. The molecule has 1 heterocycles. The Hall–Kier alpha value is -2.74. The van der Waals surface area contributed by atoms with Gasteiger partial charge in [-0.15, -0.1) is 0 Å². The van der Waals surface area contributed by atoms with Gasteiger partial charge < -0.3 is 10.2 Å². The second-order valence-electron chi connectivity index (χ2n) is 6.32. The van der Waals surface area contributed by atoms with E-state index in [1.807, 2.05) is 19.0 Å². The van der Waals surface area contributed by atoms with Crippen molar-refractivity contribution in [1.82, 2.24) is 14.9 Å². The molecule has 142 valence electrons. The first-order valence-corrected chi connectivity index (χ1v) is 8.25. The van der Waals surface area contributed by atoms with E-state index in [4.69, 9.17) is 0 Å². The Morgan fingerprint density at radius 2 is 1.67 bits per heavy atom. The van der Waals surface area contributed by atoms with Crippen LogP contribution in [0, 0.1) is 5.82 Å². The second kappa shape index (κ2) is 7.48. The Balaban J connectivity index is 1.93. The van der Waals surface area contributed by atoms with Gasteiger partial charge in [0.05, 0.1) is 11.6 Å². The fourth-order valence-electron chi connectivity index (χ4n) is 2.81. The van der Waals surface area contributed by atoms with Gasteiger partial charge in [-0.25, -0.2) is 14.4 Å². The normalized spacial score (nSPS) is 13.1. The van der Waals surface area contributed by atoms with Crippen LogP contribution in [0.2, 0.25) is 0 Å². The van der Waals surface area contributed by atoms with E-state index < -0.39 is 12.0 Å². The van der Waals surface area contributed by atoms with Gasteiger partial charge in [0.15, 0.2) is 0 Å². The lowest BCUT2D eigenvalue weighted by Crippen LogP contribution is -2.27. The standard InChI is InChI=1S/C19H18F4N4/c1-27(2)16(12-7-9-13(20)10-8-12)11-24-17-14-5-3-4-6-15(14)25-18(26-17)19(21,22)23/h3-10,16H,11H2,1-2H3,(H,24,25,26)/t16-/m0/s1. The van der Waals surface area contributed by atoms with Crippen LogP contribution in [0.5, 0.6) is 0 Å². The molecule has 1 atom stereocenters. The summed E-state index contributed by atoms with van der Waals surface area (Å²) in [4.78, 5) is 9.19. The first-order valence-electron chi connectivity index (χ1n) is 8.25. The zero-order valence-electron chi connectivity index (χ0n) is 14.8. The van der Waals surface area contributed by atoms with Crippen molar-refractivity contribution >= 4 is 16.7 Å². The molecule has 0 amide bonds. The van der Waals surface area contributed by atoms with Crippen molar-refractivity contribution in [3.63, 3.8) is 0 Å². The third-order valence-electron chi connectivity index (χ3n) is 4.20. The molecule has 0 aliphatic rings. The van der Waals surface area contributed by atoms with E-state index in [1.54, 1.807) is 30.3 Å². The molecule has 2 aromatic carbocycles. The molecule has 3 aromatic rings. The summed E-state index contributed by atoms with van der Waals surface area (Å²) in [6, 6.07) is 12.4. The van der Waals surface area contributed by atoms with Gasteiger partial charge >= 0.3 is 6.18 Å². The maximum atomic E-state index is 13.2. The highest BCUT2D eigenvalue weighted by Crippen LogP contribution is 2.30. The summed E-state index contributed by atoms with van der Waals surface area (Å²) in [5.41, 5.74) is 1.05. The number of hydrogen-bond donors (Lipinski definition) is 1. The predicted octanol–water partition coefficient (Wildman–Crippen LogP) is 4.50. The largest absolute Gasteiger partial charge is 0.451 e. The molecule has 0 saturated carbocycles. The molecule has 0 radical (unpaired) electrons. The Bertz CT molecular complexity index is 923. The number of anilines is 1. The molecule has 1 aromatic heterocycles. The molecule has 0 aliphatic carbocycles. The lowest BCUT2D eigenvalue weighted by atomic mass is 10.1. The predicted molar refractivity (Wildman–Crippen MR) is 95.9 cm³/mol. The molecular weight excluding hydrogens is 360 g/mol. The SMILES string of the molecule is CN(C)[C@@H](CNc1nc(C(F)(F)F)nc2ccccc12)c1ccc(F)cc1. The van der Waals surface area contributed by atoms with E-state index in [0.29, 0.717) is 5.39 Å². The van der Waals surface area contributed by atoms with Crippen molar-refractivity contribution in [2.75, 3.05) is 26.0 Å². The molecular formula is C19H18F4N4. The Morgan fingerprint density at radius 1 is 1.00 bits per heavy atom. The average molecular weight is 378 g/mol. The molecule has 27 heavy (non-hydrogen) atoms. The minimum atomic E-state index is -4.64. The van der Waals surface area contributed by atoms with Gasteiger partial charge in [0, 0.05) is 11.9 Å². The molecule has 0 bridgehead atoms. The highest BCUT2D eigenvalue weighted by molar-refractivity contribution is 5.89. The third kappa shape index (κ3) is 4.33. The van der Waals surface area contributed by atoms with Gasteiger partial charge in [0.25, 0.3) is 0 Å². The van der Waals surface area contributed by atoms with Gasteiger partial charge in [-0.1, -0.05) is 24.3 Å². The zero-order valence-corrected chi connectivity index (χ0v) is 14.8. The number of hydrogen-bond acceptors (Lipinski definition) is 4. The van der Waals surface area contributed by atoms with Gasteiger partial charge in [0.1, 0.15) is 11.6 Å². The van der Waals surface area contributed by atoms with Crippen molar-refractivity contribution in [3.05, 3.63) is 65.7 Å². The van der Waals surface area contributed by atoms with Gasteiger partial charge in [0.2, 0.25) is 5.82 Å². The molecule has 0 fully saturated rings. The van der Waals surface area contributed by atoms with Crippen LogP contribution in [-0.4, -0.2) is 35.5 Å². The van der Waals surface area contributed by atoms with Crippen molar-refractivity contribution in [2.24, 2.45) is 0 Å². The van der Waals surface area contributed by atoms with Crippen LogP contribution in [0.15, 0.2) is 48.5 Å². The molecule has 3 rings (SSSR count). The van der Waals surface area contributed by atoms with Crippen LogP contribution in [0.4, 0.5) is 23.4 Å². The van der Waals surface area contributed by atoms with Crippen molar-refractivity contribution in [1.29, 1.82) is 0 Å². The van der Waals surface area contributed by atoms with E-state index in [0.717, 1.165) is 5.56 Å². The van der Waals surface area contributed by atoms with Crippen molar-refractivity contribution in [3.8, 4) is 0 Å². The van der Waals surface area contributed by atoms with Crippen LogP contribution in [0.3, 0.4) is 0 Å². The van der Waals surface area contributed by atoms with Gasteiger partial charge in [-0.05, 0) is 43.9 Å². The van der Waals surface area contributed by atoms with Crippen molar-refractivity contribution in [2.45, 2.75) is 12.2 Å².